The first-order valence-electron chi connectivity index (χ1n) is 4.76. The second-order valence-electron chi connectivity index (χ2n) is 4.01. The van der Waals surface area contributed by atoms with Crippen LogP contribution in [0.2, 0.25) is 0 Å². The van der Waals surface area contributed by atoms with Gasteiger partial charge in [0, 0.05) is 12.1 Å². The smallest absolute Gasteiger partial charge is 0.258 e. The Morgan fingerprint density at radius 1 is 1.60 bits per heavy atom. The Kier molecular flexibility index (Phi) is 2.53. The molecule has 0 saturated carbocycles. The van der Waals surface area contributed by atoms with Crippen molar-refractivity contribution in [2.75, 3.05) is 13.1 Å². The third kappa shape index (κ3) is 2.19. The van der Waals surface area contributed by atoms with Gasteiger partial charge in [0.1, 0.15) is 0 Å². The highest BCUT2D eigenvalue weighted by Crippen LogP contribution is 2.16. The topological polar surface area (TPSA) is 86.9 Å². The lowest BCUT2D eigenvalue weighted by Gasteiger charge is -2.23. The molecule has 3 N–H and O–H groups in total. The number of aromatic amines is 1. The molecule has 0 amide bonds. The van der Waals surface area contributed by atoms with Crippen molar-refractivity contribution in [2.45, 2.75) is 23.9 Å². The number of sulfonamides is 1. The average Bonchev–Trinajstić information content (AvgIpc) is 2.73. The number of aromatic nitrogens is 2. The lowest BCUT2D eigenvalue weighted by atomic mass is 10.0. The van der Waals surface area contributed by atoms with Gasteiger partial charge in [-0.1, -0.05) is 0 Å². The van der Waals surface area contributed by atoms with Crippen molar-refractivity contribution in [3.8, 4) is 0 Å². The van der Waals surface area contributed by atoms with E-state index < -0.39 is 15.6 Å². The maximum Gasteiger partial charge on any atom is 0.258 e. The van der Waals surface area contributed by atoms with Gasteiger partial charge in [0.25, 0.3) is 10.0 Å². The third-order valence-electron chi connectivity index (χ3n) is 2.51. The summed E-state index contributed by atoms with van der Waals surface area (Å²) in [4.78, 5) is 0. The number of rotatable bonds is 3. The van der Waals surface area contributed by atoms with E-state index in [0.717, 1.165) is 13.0 Å². The van der Waals surface area contributed by atoms with Crippen LogP contribution < -0.4 is 10.0 Å². The summed E-state index contributed by atoms with van der Waals surface area (Å²) in [5, 5.41) is 9.31. The molecule has 0 spiro atoms. The van der Waals surface area contributed by atoms with E-state index in [1.54, 1.807) is 0 Å². The van der Waals surface area contributed by atoms with Gasteiger partial charge in [-0.05, 0) is 26.0 Å². The molecule has 1 aromatic heterocycles. The summed E-state index contributed by atoms with van der Waals surface area (Å²) in [6, 6.07) is 1.44. The molecule has 0 radical (unpaired) electrons. The van der Waals surface area contributed by atoms with E-state index in [1.165, 1.54) is 12.3 Å². The second-order valence-corrected chi connectivity index (χ2v) is 5.66. The van der Waals surface area contributed by atoms with Crippen molar-refractivity contribution < 1.29 is 8.42 Å². The summed E-state index contributed by atoms with van der Waals surface area (Å²) >= 11 is 0. The molecule has 0 bridgehead atoms. The highest BCUT2D eigenvalue weighted by Gasteiger charge is 2.33. The molecule has 1 saturated heterocycles. The van der Waals surface area contributed by atoms with Crippen molar-refractivity contribution in [3.63, 3.8) is 0 Å². The summed E-state index contributed by atoms with van der Waals surface area (Å²) in [5.74, 6) is 0. The average molecular weight is 230 g/mol. The molecule has 1 fully saturated rings. The van der Waals surface area contributed by atoms with E-state index >= 15 is 0 Å². The zero-order chi connectivity index (χ0) is 10.9. The Bertz CT molecular complexity index is 420. The maximum absolute atomic E-state index is 11.8. The van der Waals surface area contributed by atoms with Gasteiger partial charge in [-0.3, -0.25) is 5.10 Å². The fourth-order valence-corrected chi connectivity index (χ4v) is 3.02. The summed E-state index contributed by atoms with van der Waals surface area (Å²) in [6.07, 6.45) is 2.21. The maximum atomic E-state index is 11.8. The highest BCUT2D eigenvalue weighted by molar-refractivity contribution is 7.89. The first kappa shape index (κ1) is 10.6. The van der Waals surface area contributed by atoms with Crippen LogP contribution in [0.25, 0.3) is 0 Å². The molecule has 1 atom stereocenters. The van der Waals surface area contributed by atoms with Crippen molar-refractivity contribution >= 4 is 10.0 Å². The number of H-pyrrole nitrogens is 1. The minimum atomic E-state index is -3.47. The van der Waals surface area contributed by atoms with E-state index in [9.17, 15) is 8.42 Å². The Morgan fingerprint density at radius 2 is 2.40 bits per heavy atom. The summed E-state index contributed by atoms with van der Waals surface area (Å²) in [5.41, 5.74) is -0.399. The first-order valence-corrected chi connectivity index (χ1v) is 6.24. The number of nitrogens with zero attached hydrogens (tertiary/aromatic N) is 1. The fourth-order valence-electron chi connectivity index (χ4n) is 1.68. The first-order chi connectivity index (χ1) is 7.02. The molecule has 2 rings (SSSR count). The molecule has 1 aromatic rings. The van der Waals surface area contributed by atoms with Crippen molar-refractivity contribution in [1.82, 2.24) is 20.2 Å². The molecule has 1 unspecified atom stereocenters. The Balaban J connectivity index is 2.18. The molecule has 0 aromatic carbocycles. The zero-order valence-corrected chi connectivity index (χ0v) is 9.26. The minimum Gasteiger partial charge on any atom is -0.315 e. The van der Waals surface area contributed by atoms with Gasteiger partial charge in [0.05, 0.1) is 6.20 Å². The van der Waals surface area contributed by atoms with Gasteiger partial charge in [0.2, 0.25) is 0 Å². The van der Waals surface area contributed by atoms with Crippen LogP contribution in [-0.4, -0.2) is 37.2 Å². The zero-order valence-electron chi connectivity index (χ0n) is 8.45. The molecule has 1 aliphatic rings. The summed E-state index contributed by atoms with van der Waals surface area (Å²) in [6.45, 7) is 3.38. The Hall–Kier alpha value is -0.920. The van der Waals surface area contributed by atoms with Crippen LogP contribution in [0.5, 0.6) is 0 Å². The number of hydrogen-bond acceptors (Lipinski definition) is 4. The monoisotopic (exact) mass is 230 g/mol. The largest absolute Gasteiger partial charge is 0.315 e. The standard InChI is InChI=1S/C8H14N4O2S/c1-8(3-5-9-6-8)12-15(13,14)7-2-4-10-11-7/h2,4,9,12H,3,5-6H2,1H3,(H,10,11). The predicted molar refractivity (Wildman–Crippen MR) is 54.8 cm³/mol. The van der Waals surface area contributed by atoms with Gasteiger partial charge in [0.15, 0.2) is 5.03 Å². The Morgan fingerprint density at radius 3 is 2.93 bits per heavy atom. The van der Waals surface area contributed by atoms with Crippen LogP contribution in [-0.2, 0) is 10.0 Å². The minimum absolute atomic E-state index is 0.107. The van der Waals surface area contributed by atoms with Gasteiger partial charge in [-0.15, -0.1) is 0 Å². The molecule has 15 heavy (non-hydrogen) atoms. The third-order valence-corrected chi connectivity index (χ3v) is 4.08. The Labute approximate surface area is 88.5 Å². The van der Waals surface area contributed by atoms with Crippen LogP contribution in [0.1, 0.15) is 13.3 Å². The quantitative estimate of drug-likeness (QED) is 0.649. The van der Waals surface area contributed by atoms with Crippen LogP contribution >= 0.6 is 0 Å². The molecule has 84 valence electrons. The van der Waals surface area contributed by atoms with Crippen LogP contribution in [0.4, 0.5) is 0 Å². The van der Waals surface area contributed by atoms with Crippen molar-refractivity contribution in [1.29, 1.82) is 0 Å². The van der Waals surface area contributed by atoms with E-state index in [-0.39, 0.29) is 5.03 Å². The van der Waals surface area contributed by atoms with Crippen molar-refractivity contribution in [2.24, 2.45) is 0 Å². The SMILES string of the molecule is CC1(NS(=O)(=O)c2ccn[nH]2)CCNC1. The van der Waals surface area contributed by atoms with E-state index in [0.29, 0.717) is 6.54 Å². The van der Waals surface area contributed by atoms with Gasteiger partial charge in [-0.25, -0.2) is 13.1 Å². The normalized spacial score (nSPS) is 27.0. The van der Waals surface area contributed by atoms with Crippen molar-refractivity contribution in [3.05, 3.63) is 12.3 Å². The molecular formula is C8H14N4O2S. The lowest BCUT2D eigenvalue weighted by Crippen LogP contribution is -2.47. The van der Waals surface area contributed by atoms with Crippen LogP contribution in [0.3, 0.4) is 0 Å². The van der Waals surface area contributed by atoms with Crippen LogP contribution in [0.15, 0.2) is 17.3 Å². The molecule has 6 nitrogen and oxygen atoms in total. The van der Waals surface area contributed by atoms with Crippen LogP contribution in [0, 0.1) is 0 Å². The molecule has 2 heterocycles. The molecule has 0 aliphatic carbocycles. The van der Waals surface area contributed by atoms with Gasteiger partial charge >= 0.3 is 0 Å². The van der Waals surface area contributed by atoms with Gasteiger partial charge in [-0.2, -0.15) is 5.10 Å². The molecular weight excluding hydrogens is 216 g/mol. The lowest BCUT2D eigenvalue weighted by molar-refractivity contribution is 0.450. The molecule has 7 heteroatoms. The van der Waals surface area contributed by atoms with Gasteiger partial charge < -0.3 is 5.32 Å². The molecule has 1 aliphatic heterocycles. The van der Waals surface area contributed by atoms with E-state index in [4.69, 9.17) is 0 Å². The number of hydrogen-bond donors (Lipinski definition) is 3. The van der Waals surface area contributed by atoms with E-state index in [1.807, 2.05) is 6.92 Å². The highest BCUT2D eigenvalue weighted by atomic mass is 32.2. The summed E-state index contributed by atoms with van der Waals surface area (Å²) < 4.78 is 26.4. The summed E-state index contributed by atoms with van der Waals surface area (Å²) in [7, 11) is -3.47. The fraction of sp³-hybridized carbons (Fsp3) is 0.625. The van der Waals surface area contributed by atoms with E-state index in [2.05, 4.69) is 20.2 Å². The second kappa shape index (κ2) is 3.58. The predicted octanol–water partition coefficient (Wildman–Crippen LogP) is -0.560. The number of nitrogens with one attached hydrogen (secondary N) is 3.